The van der Waals surface area contributed by atoms with Crippen LogP contribution in [0.1, 0.15) is 19.5 Å². The minimum absolute atomic E-state index is 0.000631. The van der Waals surface area contributed by atoms with Gasteiger partial charge in [-0.25, -0.2) is 4.98 Å². The van der Waals surface area contributed by atoms with Gasteiger partial charge in [-0.2, -0.15) is 18.2 Å². The molecule has 0 aliphatic carbocycles. The summed E-state index contributed by atoms with van der Waals surface area (Å²) in [7, 11) is 3.28. The first kappa shape index (κ1) is 17.5. The predicted molar refractivity (Wildman–Crippen MR) is 77.6 cm³/mol. The third-order valence-electron chi connectivity index (χ3n) is 3.07. The molecule has 0 aromatic carbocycles. The zero-order valence-corrected chi connectivity index (χ0v) is 12.8. The first-order chi connectivity index (χ1) is 9.77. The van der Waals surface area contributed by atoms with Crippen molar-refractivity contribution in [3.05, 3.63) is 11.8 Å². The summed E-state index contributed by atoms with van der Waals surface area (Å²) >= 11 is 0. The van der Waals surface area contributed by atoms with Crippen molar-refractivity contribution in [1.82, 2.24) is 14.9 Å². The molecule has 21 heavy (non-hydrogen) atoms. The minimum Gasteiger partial charge on any atom is -0.363 e. The number of nitrogens with one attached hydrogen (secondary N) is 1. The summed E-state index contributed by atoms with van der Waals surface area (Å²) in [6.45, 7) is 7.08. The molecule has 1 aromatic rings. The highest BCUT2D eigenvalue weighted by Gasteiger charge is 2.33. The highest BCUT2D eigenvalue weighted by atomic mass is 19.4. The van der Waals surface area contributed by atoms with Crippen LogP contribution in [0.3, 0.4) is 0 Å². The second-order valence-electron chi connectivity index (χ2n) is 4.78. The molecule has 0 aliphatic rings. The number of nitrogens with zero attached hydrogens (tertiary/aromatic N) is 4. The van der Waals surface area contributed by atoms with Gasteiger partial charge in [0.25, 0.3) is 0 Å². The Hall–Kier alpha value is -1.57. The monoisotopic (exact) mass is 305 g/mol. The molecular formula is C13H22F3N5. The second kappa shape index (κ2) is 7.44. The SMILES string of the molecule is CCN(CC)CCNc1nc(N(C)C)cc(C(F)(F)F)n1. The van der Waals surface area contributed by atoms with Crippen molar-refractivity contribution < 1.29 is 13.2 Å². The van der Waals surface area contributed by atoms with Gasteiger partial charge in [0.2, 0.25) is 5.95 Å². The molecule has 0 saturated heterocycles. The first-order valence-electron chi connectivity index (χ1n) is 6.87. The molecule has 1 rings (SSSR count). The summed E-state index contributed by atoms with van der Waals surface area (Å²) in [5.74, 6) is 0.225. The number of alkyl halides is 3. The molecule has 1 heterocycles. The van der Waals surface area contributed by atoms with E-state index in [2.05, 4.69) is 20.2 Å². The maximum atomic E-state index is 12.8. The van der Waals surface area contributed by atoms with E-state index in [1.54, 1.807) is 14.1 Å². The van der Waals surface area contributed by atoms with E-state index in [4.69, 9.17) is 0 Å². The van der Waals surface area contributed by atoms with E-state index in [0.29, 0.717) is 6.54 Å². The van der Waals surface area contributed by atoms with E-state index in [0.717, 1.165) is 25.7 Å². The van der Waals surface area contributed by atoms with Gasteiger partial charge in [-0.05, 0) is 13.1 Å². The zero-order valence-electron chi connectivity index (χ0n) is 12.8. The van der Waals surface area contributed by atoms with Crippen LogP contribution >= 0.6 is 0 Å². The zero-order chi connectivity index (χ0) is 16.0. The number of aromatic nitrogens is 2. The summed E-state index contributed by atoms with van der Waals surface area (Å²) in [4.78, 5) is 11.3. The average molecular weight is 305 g/mol. The van der Waals surface area contributed by atoms with Gasteiger partial charge in [0, 0.05) is 33.3 Å². The maximum absolute atomic E-state index is 12.8. The van der Waals surface area contributed by atoms with Gasteiger partial charge >= 0.3 is 6.18 Å². The Labute approximate surface area is 123 Å². The molecule has 0 unspecified atom stereocenters. The number of likely N-dealkylation sites (N-methyl/N-ethyl adjacent to an activating group) is 1. The van der Waals surface area contributed by atoms with Crippen molar-refractivity contribution in [3.63, 3.8) is 0 Å². The standard InChI is InChI=1S/C13H22F3N5/c1-5-21(6-2)8-7-17-12-18-10(13(14,15)16)9-11(19-12)20(3)4/h9H,5-8H2,1-4H3,(H,17,18,19). The van der Waals surface area contributed by atoms with Gasteiger partial charge in [-0.3, -0.25) is 0 Å². The largest absolute Gasteiger partial charge is 0.433 e. The van der Waals surface area contributed by atoms with Crippen molar-refractivity contribution in [3.8, 4) is 0 Å². The molecule has 0 fully saturated rings. The number of hydrogen-bond donors (Lipinski definition) is 1. The first-order valence-corrected chi connectivity index (χ1v) is 6.87. The number of halogens is 3. The Bertz CT molecular complexity index is 444. The lowest BCUT2D eigenvalue weighted by atomic mass is 10.3. The van der Waals surface area contributed by atoms with Crippen LogP contribution in [-0.2, 0) is 6.18 Å². The van der Waals surface area contributed by atoms with Crippen LogP contribution in [-0.4, -0.2) is 55.1 Å². The fraction of sp³-hybridized carbons (Fsp3) is 0.692. The Balaban J connectivity index is 2.84. The molecule has 0 amide bonds. The Kier molecular flexibility index (Phi) is 6.19. The minimum atomic E-state index is -4.48. The second-order valence-corrected chi connectivity index (χ2v) is 4.78. The van der Waals surface area contributed by atoms with Crippen molar-refractivity contribution in [2.24, 2.45) is 0 Å². The lowest BCUT2D eigenvalue weighted by Gasteiger charge is -2.19. The lowest BCUT2D eigenvalue weighted by molar-refractivity contribution is -0.141. The molecule has 0 bridgehead atoms. The lowest BCUT2D eigenvalue weighted by Crippen LogP contribution is -2.29. The normalized spacial score (nSPS) is 11.8. The molecule has 120 valence electrons. The summed E-state index contributed by atoms with van der Waals surface area (Å²) < 4.78 is 38.5. The molecule has 8 heteroatoms. The van der Waals surface area contributed by atoms with Gasteiger partial charge in [0.1, 0.15) is 5.82 Å². The Morgan fingerprint density at radius 3 is 2.24 bits per heavy atom. The topological polar surface area (TPSA) is 44.3 Å². The van der Waals surface area contributed by atoms with E-state index in [1.807, 2.05) is 13.8 Å². The van der Waals surface area contributed by atoms with Crippen LogP contribution in [0, 0.1) is 0 Å². The predicted octanol–water partition coefficient (Wildman–Crippen LogP) is 2.32. The third-order valence-corrected chi connectivity index (χ3v) is 3.07. The van der Waals surface area contributed by atoms with Crippen LogP contribution in [0.5, 0.6) is 0 Å². The molecule has 0 spiro atoms. The number of hydrogen-bond acceptors (Lipinski definition) is 5. The van der Waals surface area contributed by atoms with E-state index < -0.39 is 11.9 Å². The fourth-order valence-corrected chi connectivity index (χ4v) is 1.75. The van der Waals surface area contributed by atoms with Crippen molar-refractivity contribution in [2.45, 2.75) is 20.0 Å². The van der Waals surface area contributed by atoms with Crippen LogP contribution in [0.15, 0.2) is 6.07 Å². The van der Waals surface area contributed by atoms with E-state index in [-0.39, 0.29) is 11.8 Å². The summed E-state index contributed by atoms with van der Waals surface area (Å²) in [5, 5.41) is 2.86. The van der Waals surface area contributed by atoms with E-state index >= 15 is 0 Å². The van der Waals surface area contributed by atoms with E-state index in [1.165, 1.54) is 4.90 Å². The smallest absolute Gasteiger partial charge is 0.363 e. The number of rotatable bonds is 7. The highest BCUT2D eigenvalue weighted by molar-refractivity contribution is 5.44. The van der Waals surface area contributed by atoms with Gasteiger partial charge in [0.15, 0.2) is 5.69 Å². The van der Waals surface area contributed by atoms with Crippen molar-refractivity contribution in [1.29, 1.82) is 0 Å². The van der Waals surface area contributed by atoms with Gasteiger partial charge in [0.05, 0.1) is 0 Å². The molecule has 0 saturated carbocycles. The Morgan fingerprint density at radius 2 is 1.76 bits per heavy atom. The number of anilines is 2. The van der Waals surface area contributed by atoms with Crippen LogP contribution in [0.2, 0.25) is 0 Å². The molecule has 0 atom stereocenters. The summed E-state index contributed by atoms with van der Waals surface area (Å²) in [6.07, 6.45) is -4.48. The van der Waals surface area contributed by atoms with Crippen LogP contribution in [0.25, 0.3) is 0 Å². The molecule has 0 aliphatic heterocycles. The Morgan fingerprint density at radius 1 is 1.14 bits per heavy atom. The molecular weight excluding hydrogens is 283 g/mol. The highest BCUT2D eigenvalue weighted by Crippen LogP contribution is 2.30. The maximum Gasteiger partial charge on any atom is 0.433 e. The van der Waals surface area contributed by atoms with Gasteiger partial charge in [-0.1, -0.05) is 13.8 Å². The average Bonchev–Trinajstić information content (AvgIpc) is 2.42. The molecule has 1 aromatic heterocycles. The van der Waals surface area contributed by atoms with Gasteiger partial charge < -0.3 is 15.1 Å². The quantitative estimate of drug-likeness (QED) is 0.837. The van der Waals surface area contributed by atoms with Crippen molar-refractivity contribution >= 4 is 11.8 Å². The van der Waals surface area contributed by atoms with Crippen molar-refractivity contribution in [2.75, 3.05) is 50.5 Å². The molecule has 5 nitrogen and oxygen atoms in total. The molecule has 0 radical (unpaired) electrons. The summed E-state index contributed by atoms with van der Waals surface area (Å²) in [5.41, 5.74) is -0.938. The molecule has 1 N–H and O–H groups in total. The van der Waals surface area contributed by atoms with E-state index in [9.17, 15) is 13.2 Å². The summed E-state index contributed by atoms with van der Waals surface area (Å²) in [6, 6.07) is 0.940. The van der Waals surface area contributed by atoms with Crippen LogP contribution in [0.4, 0.5) is 24.9 Å². The fourth-order valence-electron chi connectivity index (χ4n) is 1.75. The third kappa shape index (κ3) is 5.37. The van der Waals surface area contributed by atoms with Gasteiger partial charge in [-0.15, -0.1) is 0 Å². The van der Waals surface area contributed by atoms with Crippen LogP contribution < -0.4 is 10.2 Å².